The quantitative estimate of drug-likeness (QED) is 0.550. The standard InChI is InChI=1S/C13H19NO4/c1-3-6-13(17-10-11-18-13)12(16)14(7-4-2)8-5-9-15/h3-5,9,15H,1-2,6-8,10-11H2/b9-5+. The van der Waals surface area contributed by atoms with E-state index in [1.807, 2.05) is 0 Å². The summed E-state index contributed by atoms with van der Waals surface area (Å²) in [6, 6.07) is 0. The maximum Gasteiger partial charge on any atom is 0.283 e. The minimum Gasteiger partial charge on any atom is -0.516 e. The monoisotopic (exact) mass is 253 g/mol. The van der Waals surface area contributed by atoms with Gasteiger partial charge in [-0.1, -0.05) is 12.2 Å². The molecule has 0 bridgehead atoms. The van der Waals surface area contributed by atoms with Crippen molar-refractivity contribution in [3.05, 3.63) is 37.6 Å². The fraction of sp³-hybridized carbons (Fsp3) is 0.462. The van der Waals surface area contributed by atoms with Gasteiger partial charge in [0.25, 0.3) is 11.7 Å². The molecular weight excluding hydrogens is 234 g/mol. The van der Waals surface area contributed by atoms with Gasteiger partial charge < -0.3 is 19.5 Å². The van der Waals surface area contributed by atoms with Crippen LogP contribution >= 0.6 is 0 Å². The molecule has 1 fully saturated rings. The van der Waals surface area contributed by atoms with Gasteiger partial charge in [-0.05, 0) is 6.08 Å². The summed E-state index contributed by atoms with van der Waals surface area (Å²) in [6.45, 7) is 8.62. The predicted molar refractivity (Wildman–Crippen MR) is 68.0 cm³/mol. The molecule has 18 heavy (non-hydrogen) atoms. The van der Waals surface area contributed by atoms with E-state index in [4.69, 9.17) is 14.6 Å². The van der Waals surface area contributed by atoms with Gasteiger partial charge in [0.15, 0.2) is 0 Å². The van der Waals surface area contributed by atoms with Crippen LogP contribution in [0.4, 0.5) is 0 Å². The van der Waals surface area contributed by atoms with Gasteiger partial charge in [-0.3, -0.25) is 4.79 Å². The lowest BCUT2D eigenvalue weighted by Gasteiger charge is -2.30. The molecule has 1 N–H and O–H groups in total. The molecule has 0 aromatic rings. The minimum atomic E-state index is -1.27. The van der Waals surface area contributed by atoms with Crippen molar-refractivity contribution in [3.63, 3.8) is 0 Å². The topological polar surface area (TPSA) is 59.0 Å². The fourth-order valence-corrected chi connectivity index (χ4v) is 1.78. The molecule has 5 heteroatoms. The van der Waals surface area contributed by atoms with Gasteiger partial charge in [-0.25, -0.2) is 0 Å². The first-order chi connectivity index (χ1) is 8.70. The Balaban J connectivity index is 2.83. The van der Waals surface area contributed by atoms with E-state index in [1.54, 1.807) is 12.2 Å². The highest BCUT2D eigenvalue weighted by Crippen LogP contribution is 2.26. The average Bonchev–Trinajstić information content (AvgIpc) is 2.84. The number of hydrogen-bond acceptors (Lipinski definition) is 4. The van der Waals surface area contributed by atoms with Crippen LogP contribution in [0.5, 0.6) is 0 Å². The van der Waals surface area contributed by atoms with Crippen molar-refractivity contribution in [1.82, 2.24) is 4.90 Å². The lowest BCUT2D eigenvalue weighted by atomic mass is 10.1. The molecule has 1 aliphatic heterocycles. The highest BCUT2D eigenvalue weighted by molar-refractivity contribution is 5.84. The minimum absolute atomic E-state index is 0.271. The van der Waals surface area contributed by atoms with Crippen molar-refractivity contribution in [2.75, 3.05) is 26.3 Å². The van der Waals surface area contributed by atoms with Crippen LogP contribution in [0.3, 0.4) is 0 Å². The van der Waals surface area contributed by atoms with E-state index in [0.717, 1.165) is 6.26 Å². The Bertz CT molecular complexity index is 332. The first-order valence-electron chi connectivity index (χ1n) is 5.78. The molecule has 0 unspecified atom stereocenters. The Kier molecular flexibility index (Phi) is 5.61. The summed E-state index contributed by atoms with van der Waals surface area (Å²) < 4.78 is 10.9. The fourth-order valence-electron chi connectivity index (χ4n) is 1.78. The summed E-state index contributed by atoms with van der Waals surface area (Å²) in [7, 11) is 0. The van der Waals surface area contributed by atoms with Crippen molar-refractivity contribution in [3.8, 4) is 0 Å². The third kappa shape index (κ3) is 3.21. The number of amides is 1. The lowest BCUT2D eigenvalue weighted by Crippen LogP contribution is -2.49. The zero-order valence-electron chi connectivity index (χ0n) is 10.4. The van der Waals surface area contributed by atoms with Gasteiger partial charge in [-0.2, -0.15) is 0 Å². The molecule has 0 atom stereocenters. The van der Waals surface area contributed by atoms with Crippen LogP contribution in [0.25, 0.3) is 0 Å². The number of nitrogens with zero attached hydrogens (tertiary/aromatic N) is 1. The Morgan fingerprint density at radius 3 is 2.44 bits per heavy atom. The van der Waals surface area contributed by atoms with Crippen molar-refractivity contribution in [2.45, 2.75) is 12.2 Å². The van der Waals surface area contributed by atoms with E-state index in [2.05, 4.69) is 13.2 Å². The second kappa shape index (κ2) is 6.98. The maximum absolute atomic E-state index is 12.4. The second-order valence-corrected chi connectivity index (χ2v) is 3.83. The highest BCUT2D eigenvalue weighted by Gasteiger charge is 2.45. The van der Waals surface area contributed by atoms with Gasteiger partial charge in [0.05, 0.1) is 19.5 Å². The largest absolute Gasteiger partial charge is 0.516 e. The third-order valence-corrected chi connectivity index (χ3v) is 2.56. The van der Waals surface area contributed by atoms with Gasteiger partial charge in [-0.15, -0.1) is 13.2 Å². The molecule has 1 saturated heterocycles. The Morgan fingerprint density at radius 1 is 1.28 bits per heavy atom. The Labute approximate surface area is 107 Å². The normalized spacial score (nSPS) is 17.8. The molecule has 1 amide bonds. The van der Waals surface area contributed by atoms with Gasteiger partial charge in [0.1, 0.15) is 0 Å². The van der Waals surface area contributed by atoms with Crippen LogP contribution in [-0.4, -0.2) is 48.0 Å². The van der Waals surface area contributed by atoms with Crippen LogP contribution < -0.4 is 0 Å². The number of ether oxygens (including phenoxy) is 2. The Morgan fingerprint density at radius 2 is 1.94 bits per heavy atom. The molecule has 1 rings (SSSR count). The summed E-state index contributed by atoms with van der Waals surface area (Å²) in [5.74, 6) is -1.55. The molecule has 0 saturated carbocycles. The summed E-state index contributed by atoms with van der Waals surface area (Å²) in [5, 5.41) is 8.68. The first kappa shape index (κ1) is 14.5. The summed E-state index contributed by atoms with van der Waals surface area (Å²) in [4.78, 5) is 13.9. The van der Waals surface area contributed by atoms with Crippen LogP contribution in [0, 0.1) is 0 Å². The van der Waals surface area contributed by atoms with Gasteiger partial charge in [0.2, 0.25) is 0 Å². The summed E-state index contributed by atoms with van der Waals surface area (Å²) in [6.07, 6.45) is 5.87. The number of hydrogen-bond donors (Lipinski definition) is 1. The van der Waals surface area contributed by atoms with Crippen LogP contribution in [0.2, 0.25) is 0 Å². The van der Waals surface area contributed by atoms with E-state index in [-0.39, 0.29) is 12.5 Å². The van der Waals surface area contributed by atoms with Gasteiger partial charge >= 0.3 is 0 Å². The highest BCUT2D eigenvalue weighted by atomic mass is 16.7. The van der Waals surface area contributed by atoms with Crippen molar-refractivity contribution in [2.24, 2.45) is 0 Å². The maximum atomic E-state index is 12.4. The number of carbonyl (C=O) groups excluding carboxylic acids is 1. The molecule has 0 radical (unpaired) electrons. The lowest BCUT2D eigenvalue weighted by molar-refractivity contribution is -0.191. The third-order valence-electron chi connectivity index (χ3n) is 2.56. The second-order valence-electron chi connectivity index (χ2n) is 3.83. The molecule has 100 valence electrons. The van der Waals surface area contributed by atoms with Crippen LogP contribution in [0.15, 0.2) is 37.6 Å². The molecule has 0 aliphatic carbocycles. The van der Waals surface area contributed by atoms with Gasteiger partial charge in [0, 0.05) is 19.5 Å². The molecule has 1 aliphatic rings. The molecule has 5 nitrogen and oxygen atoms in total. The predicted octanol–water partition coefficient (Wildman–Crippen LogP) is 1.39. The average molecular weight is 253 g/mol. The SMILES string of the molecule is C=CCN(C/C=C/O)C(=O)C1(CC=C)OCCO1. The van der Waals surface area contributed by atoms with E-state index in [1.165, 1.54) is 11.0 Å². The number of carbonyl (C=O) groups is 1. The summed E-state index contributed by atoms with van der Waals surface area (Å²) in [5.41, 5.74) is 0. The Hall–Kier alpha value is -1.59. The van der Waals surface area contributed by atoms with Crippen molar-refractivity contribution in [1.29, 1.82) is 0 Å². The number of aliphatic hydroxyl groups excluding tert-OH is 1. The van der Waals surface area contributed by atoms with Crippen LogP contribution in [-0.2, 0) is 14.3 Å². The zero-order valence-corrected chi connectivity index (χ0v) is 10.4. The summed E-state index contributed by atoms with van der Waals surface area (Å²) >= 11 is 0. The number of rotatable bonds is 7. The number of aliphatic hydroxyl groups is 1. The van der Waals surface area contributed by atoms with E-state index in [0.29, 0.717) is 26.2 Å². The van der Waals surface area contributed by atoms with Crippen molar-refractivity contribution < 1.29 is 19.4 Å². The molecule has 0 spiro atoms. The van der Waals surface area contributed by atoms with E-state index >= 15 is 0 Å². The van der Waals surface area contributed by atoms with Crippen molar-refractivity contribution >= 4 is 5.91 Å². The molecule has 0 aromatic heterocycles. The molecule has 1 heterocycles. The molecule has 0 aromatic carbocycles. The van der Waals surface area contributed by atoms with Crippen LogP contribution in [0.1, 0.15) is 6.42 Å². The smallest absolute Gasteiger partial charge is 0.283 e. The first-order valence-corrected chi connectivity index (χ1v) is 5.78. The molecular formula is C13H19NO4. The van der Waals surface area contributed by atoms with E-state index in [9.17, 15) is 4.79 Å². The zero-order chi connectivity index (χ0) is 13.4. The van der Waals surface area contributed by atoms with E-state index < -0.39 is 5.79 Å².